The van der Waals surface area contributed by atoms with Gasteiger partial charge in [0.25, 0.3) is 0 Å². The first-order valence-electron chi connectivity index (χ1n) is 9.77. The van der Waals surface area contributed by atoms with E-state index in [1.807, 2.05) is 36.4 Å². The van der Waals surface area contributed by atoms with Gasteiger partial charge in [0.2, 0.25) is 5.91 Å². The van der Waals surface area contributed by atoms with Crippen LogP contribution < -0.4 is 15.4 Å². The Morgan fingerprint density at radius 2 is 1.94 bits per heavy atom. The van der Waals surface area contributed by atoms with Gasteiger partial charge in [-0.2, -0.15) is 5.26 Å². The second-order valence-corrected chi connectivity index (χ2v) is 7.82. The number of benzene rings is 3. The average Bonchev–Trinajstić information content (AvgIpc) is 3.17. The molecule has 2 N–H and O–H groups in total. The molecule has 1 atom stereocenters. The van der Waals surface area contributed by atoms with Crippen molar-refractivity contribution in [1.82, 2.24) is 0 Å². The SMILES string of the molecule is C=C(N)c1cccc(N2C[C@@H](c3ccc(Cl)c(Oc4ccc(C#N)cc4)c3)CC2=O)c1. The first kappa shape index (κ1) is 20.5. The minimum Gasteiger partial charge on any atom is -0.456 e. The van der Waals surface area contributed by atoms with Crippen LogP contribution in [-0.2, 0) is 4.79 Å². The van der Waals surface area contributed by atoms with Gasteiger partial charge in [0.05, 0.1) is 16.7 Å². The summed E-state index contributed by atoms with van der Waals surface area (Å²) in [7, 11) is 0. The molecule has 1 saturated heterocycles. The fourth-order valence-corrected chi connectivity index (χ4v) is 3.79. The van der Waals surface area contributed by atoms with E-state index in [1.165, 1.54) is 0 Å². The number of rotatable bonds is 5. The zero-order valence-corrected chi connectivity index (χ0v) is 17.5. The molecule has 31 heavy (non-hydrogen) atoms. The lowest BCUT2D eigenvalue weighted by Crippen LogP contribution is -2.24. The first-order chi connectivity index (χ1) is 14.9. The van der Waals surface area contributed by atoms with Crippen LogP contribution in [0.25, 0.3) is 5.70 Å². The molecular formula is C25H20ClN3O2. The van der Waals surface area contributed by atoms with E-state index >= 15 is 0 Å². The molecule has 0 unspecified atom stereocenters. The lowest BCUT2D eigenvalue weighted by atomic mass is 9.98. The largest absolute Gasteiger partial charge is 0.456 e. The van der Waals surface area contributed by atoms with Crippen molar-refractivity contribution in [3.63, 3.8) is 0 Å². The standard InChI is InChI=1S/C25H20ClN3O2/c1-16(28)18-3-2-4-21(11-18)29-15-20(13-25(29)30)19-7-10-23(26)24(12-19)31-22-8-5-17(14-27)6-9-22/h2-12,20H,1,13,15,28H2/t20-/m0/s1. The van der Waals surface area contributed by atoms with E-state index in [2.05, 4.69) is 12.6 Å². The maximum atomic E-state index is 12.7. The molecule has 3 aromatic carbocycles. The molecule has 0 saturated carbocycles. The Kier molecular flexibility index (Phi) is 5.66. The van der Waals surface area contributed by atoms with E-state index in [9.17, 15) is 4.79 Å². The quantitative estimate of drug-likeness (QED) is 0.584. The molecule has 1 aliphatic heterocycles. The van der Waals surface area contributed by atoms with Crippen molar-refractivity contribution in [3.8, 4) is 17.6 Å². The summed E-state index contributed by atoms with van der Waals surface area (Å²) in [5, 5.41) is 9.41. The third kappa shape index (κ3) is 4.40. The smallest absolute Gasteiger partial charge is 0.227 e. The third-order valence-corrected chi connectivity index (χ3v) is 5.60. The molecule has 3 aromatic rings. The zero-order valence-electron chi connectivity index (χ0n) is 16.7. The summed E-state index contributed by atoms with van der Waals surface area (Å²) in [6, 6.07) is 22.0. The van der Waals surface area contributed by atoms with Crippen LogP contribution in [0.1, 0.15) is 29.0 Å². The number of nitriles is 1. The van der Waals surface area contributed by atoms with E-state index in [4.69, 9.17) is 27.3 Å². The van der Waals surface area contributed by atoms with Crippen LogP contribution >= 0.6 is 11.6 Å². The highest BCUT2D eigenvalue weighted by molar-refractivity contribution is 6.32. The van der Waals surface area contributed by atoms with Gasteiger partial charge in [-0.3, -0.25) is 4.79 Å². The van der Waals surface area contributed by atoms with E-state index < -0.39 is 0 Å². The van der Waals surface area contributed by atoms with Crippen molar-refractivity contribution < 1.29 is 9.53 Å². The highest BCUT2D eigenvalue weighted by Crippen LogP contribution is 2.37. The number of anilines is 1. The van der Waals surface area contributed by atoms with Gasteiger partial charge < -0.3 is 15.4 Å². The Balaban J connectivity index is 1.55. The molecule has 0 radical (unpaired) electrons. The number of hydrogen-bond acceptors (Lipinski definition) is 4. The van der Waals surface area contributed by atoms with E-state index in [1.54, 1.807) is 35.2 Å². The summed E-state index contributed by atoms with van der Waals surface area (Å²) in [5.41, 5.74) is 9.41. The van der Waals surface area contributed by atoms with Gasteiger partial charge in [-0.05, 0) is 59.7 Å². The maximum absolute atomic E-state index is 12.7. The van der Waals surface area contributed by atoms with Crippen LogP contribution in [0.15, 0.2) is 73.3 Å². The number of nitrogens with two attached hydrogens (primary N) is 1. The van der Waals surface area contributed by atoms with Gasteiger partial charge in [0.1, 0.15) is 11.5 Å². The topological polar surface area (TPSA) is 79.3 Å². The van der Waals surface area contributed by atoms with Crippen LogP contribution in [0.4, 0.5) is 5.69 Å². The second-order valence-electron chi connectivity index (χ2n) is 7.41. The predicted octanol–water partition coefficient (Wildman–Crippen LogP) is 5.45. The van der Waals surface area contributed by atoms with Crippen LogP contribution in [0.2, 0.25) is 5.02 Å². The monoisotopic (exact) mass is 429 g/mol. The van der Waals surface area contributed by atoms with Crippen molar-refractivity contribution in [1.29, 1.82) is 5.26 Å². The molecule has 0 spiro atoms. The first-order valence-corrected chi connectivity index (χ1v) is 10.1. The molecule has 1 aliphatic rings. The molecule has 154 valence electrons. The Labute approximate surface area is 185 Å². The molecule has 1 fully saturated rings. The minimum absolute atomic E-state index is 0.0119. The Bertz CT molecular complexity index is 1200. The summed E-state index contributed by atoms with van der Waals surface area (Å²) in [6.07, 6.45) is 0.395. The Morgan fingerprint density at radius 3 is 2.65 bits per heavy atom. The molecule has 4 rings (SSSR count). The molecule has 0 bridgehead atoms. The van der Waals surface area contributed by atoms with Crippen molar-refractivity contribution in [2.75, 3.05) is 11.4 Å². The van der Waals surface area contributed by atoms with E-state index in [0.29, 0.717) is 40.7 Å². The van der Waals surface area contributed by atoms with Crippen LogP contribution in [0, 0.1) is 11.3 Å². The number of nitrogens with zero attached hydrogens (tertiary/aromatic N) is 2. The fourth-order valence-electron chi connectivity index (χ4n) is 3.63. The summed E-state index contributed by atoms with van der Waals surface area (Å²) in [4.78, 5) is 14.5. The van der Waals surface area contributed by atoms with Crippen LogP contribution in [0.3, 0.4) is 0 Å². The number of carbonyl (C=O) groups is 1. The lowest BCUT2D eigenvalue weighted by molar-refractivity contribution is -0.117. The fraction of sp³-hybridized carbons (Fsp3) is 0.120. The molecular weight excluding hydrogens is 410 g/mol. The summed E-state index contributed by atoms with van der Waals surface area (Å²) in [5.74, 6) is 1.16. The predicted molar refractivity (Wildman–Crippen MR) is 122 cm³/mol. The number of ether oxygens (including phenoxy) is 1. The molecule has 0 aromatic heterocycles. The van der Waals surface area contributed by atoms with Gasteiger partial charge in [0.15, 0.2) is 0 Å². The lowest BCUT2D eigenvalue weighted by Gasteiger charge is -2.18. The van der Waals surface area contributed by atoms with Crippen molar-refractivity contribution >= 4 is 28.9 Å². The summed E-state index contributed by atoms with van der Waals surface area (Å²) < 4.78 is 5.93. The Hall–Kier alpha value is -3.75. The molecule has 1 heterocycles. The third-order valence-electron chi connectivity index (χ3n) is 5.29. The van der Waals surface area contributed by atoms with Crippen molar-refractivity contribution in [3.05, 3.63) is 95.0 Å². The molecule has 0 aliphatic carbocycles. The highest BCUT2D eigenvalue weighted by Gasteiger charge is 2.32. The zero-order chi connectivity index (χ0) is 22.0. The normalized spacial score (nSPS) is 15.5. The number of carbonyl (C=O) groups excluding carboxylic acids is 1. The van der Waals surface area contributed by atoms with E-state index in [-0.39, 0.29) is 11.8 Å². The van der Waals surface area contributed by atoms with Crippen LogP contribution in [0.5, 0.6) is 11.5 Å². The van der Waals surface area contributed by atoms with Gasteiger partial charge in [-0.15, -0.1) is 0 Å². The average molecular weight is 430 g/mol. The van der Waals surface area contributed by atoms with E-state index in [0.717, 1.165) is 16.8 Å². The number of hydrogen-bond donors (Lipinski definition) is 1. The van der Waals surface area contributed by atoms with Crippen molar-refractivity contribution in [2.24, 2.45) is 5.73 Å². The van der Waals surface area contributed by atoms with Crippen molar-refractivity contribution in [2.45, 2.75) is 12.3 Å². The maximum Gasteiger partial charge on any atom is 0.227 e. The van der Waals surface area contributed by atoms with Gasteiger partial charge in [-0.25, -0.2) is 0 Å². The molecule has 5 nitrogen and oxygen atoms in total. The van der Waals surface area contributed by atoms with Gasteiger partial charge >= 0.3 is 0 Å². The second kappa shape index (κ2) is 8.55. The van der Waals surface area contributed by atoms with Crippen LogP contribution in [-0.4, -0.2) is 12.5 Å². The summed E-state index contributed by atoms with van der Waals surface area (Å²) >= 11 is 6.34. The van der Waals surface area contributed by atoms with Gasteiger partial charge in [0, 0.05) is 30.3 Å². The molecule has 6 heteroatoms. The minimum atomic E-state index is 0.0119. The number of amides is 1. The molecule has 1 amide bonds. The Morgan fingerprint density at radius 1 is 1.16 bits per heavy atom. The summed E-state index contributed by atoms with van der Waals surface area (Å²) in [6.45, 7) is 4.32. The number of halogens is 1. The van der Waals surface area contributed by atoms with Gasteiger partial charge in [-0.1, -0.05) is 36.4 Å². The highest BCUT2D eigenvalue weighted by atomic mass is 35.5.